The molecule has 2 aromatic carbocycles. The molecular weight excluding hydrogens is 258 g/mol. The van der Waals surface area contributed by atoms with E-state index in [2.05, 4.69) is 10.1 Å². The van der Waals surface area contributed by atoms with Gasteiger partial charge in [0.15, 0.2) is 0 Å². The number of methoxy groups -OCH3 is 1. The van der Waals surface area contributed by atoms with Crippen molar-refractivity contribution < 1.29 is 19.4 Å². The van der Waals surface area contributed by atoms with Gasteiger partial charge in [-0.3, -0.25) is 4.79 Å². The lowest BCUT2D eigenvalue weighted by atomic mass is 10.1. The minimum atomic E-state index is -0.589. The summed E-state index contributed by atoms with van der Waals surface area (Å²) < 4.78 is 4.63. The standard InChI is InChI=1S/C15H13NO4/c1-20-15(19)12-8-7-11(17)9-13(12)16-14(18)10-5-3-2-4-6-10/h2-9,17H,1H3,(H,16,18). The van der Waals surface area contributed by atoms with Gasteiger partial charge < -0.3 is 15.2 Å². The Labute approximate surface area is 115 Å². The van der Waals surface area contributed by atoms with Gasteiger partial charge in [0, 0.05) is 11.6 Å². The molecule has 0 unspecified atom stereocenters. The Morgan fingerprint density at radius 3 is 2.45 bits per heavy atom. The summed E-state index contributed by atoms with van der Waals surface area (Å²) in [6.07, 6.45) is 0. The number of phenolic OH excluding ortho intramolecular Hbond substituents is 1. The topological polar surface area (TPSA) is 75.6 Å². The first-order valence-corrected chi connectivity index (χ1v) is 5.89. The molecule has 0 fully saturated rings. The van der Waals surface area contributed by atoms with E-state index in [0.717, 1.165) is 0 Å². The fourth-order valence-corrected chi connectivity index (χ4v) is 1.71. The highest BCUT2D eigenvalue weighted by molar-refractivity contribution is 6.08. The zero-order valence-corrected chi connectivity index (χ0v) is 10.8. The second-order valence-corrected chi connectivity index (χ2v) is 4.04. The van der Waals surface area contributed by atoms with Crippen LogP contribution in [0.2, 0.25) is 0 Å². The highest BCUT2D eigenvalue weighted by Gasteiger charge is 2.15. The number of esters is 1. The zero-order chi connectivity index (χ0) is 14.5. The summed E-state index contributed by atoms with van der Waals surface area (Å²) in [5, 5.41) is 12.1. The number of hydrogen-bond donors (Lipinski definition) is 2. The molecule has 0 saturated carbocycles. The molecule has 5 nitrogen and oxygen atoms in total. The van der Waals surface area contributed by atoms with Crippen LogP contribution in [0.5, 0.6) is 5.75 Å². The second-order valence-electron chi connectivity index (χ2n) is 4.04. The summed E-state index contributed by atoms with van der Waals surface area (Å²) in [4.78, 5) is 23.7. The first kappa shape index (κ1) is 13.6. The maximum absolute atomic E-state index is 12.0. The first-order valence-electron chi connectivity index (χ1n) is 5.89. The predicted octanol–water partition coefficient (Wildman–Crippen LogP) is 2.43. The van der Waals surface area contributed by atoms with Crippen LogP contribution in [0.4, 0.5) is 5.69 Å². The van der Waals surface area contributed by atoms with E-state index >= 15 is 0 Å². The minimum absolute atomic E-state index is 0.0546. The third kappa shape index (κ3) is 2.95. The van der Waals surface area contributed by atoms with Crippen LogP contribution in [-0.4, -0.2) is 24.1 Å². The van der Waals surface area contributed by atoms with E-state index < -0.39 is 5.97 Å². The number of carbonyl (C=O) groups excluding carboxylic acids is 2. The SMILES string of the molecule is COC(=O)c1ccc(O)cc1NC(=O)c1ccccc1. The molecule has 2 rings (SSSR count). The lowest BCUT2D eigenvalue weighted by molar-refractivity contribution is 0.0602. The van der Waals surface area contributed by atoms with Crippen molar-refractivity contribution in [1.82, 2.24) is 0 Å². The van der Waals surface area contributed by atoms with Crippen molar-refractivity contribution in [2.75, 3.05) is 12.4 Å². The van der Waals surface area contributed by atoms with Crippen LogP contribution < -0.4 is 5.32 Å². The molecule has 102 valence electrons. The van der Waals surface area contributed by atoms with Crippen molar-refractivity contribution in [2.24, 2.45) is 0 Å². The van der Waals surface area contributed by atoms with Crippen LogP contribution in [0.3, 0.4) is 0 Å². The number of nitrogens with one attached hydrogen (secondary N) is 1. The van der Waals surface area contributed by atoms with E-state index in [-0.39, 0.29) is 22.9 Å². The van der Waals surface area contributed by atoms with Crippen LogP contribution in [0.25, 0.3) is 0 Å². The number of carbonyl (C=O) groups is 2. The van der Waals surface area contributed by atoms with Gasteiger partial charge in [0.2, 0.25) is 0 Å². The van der Waals surface area contributed by atoms with Crippen molar-refractivity contribution in [1.29, 1.82) is 0 Å². The highest BCUT2D eigenvalue weighted by Crippen LogP contribution is 2.23. The summed E-state index contributed by atoms with van der Waals surface area (Å²) in [7, 11) is 1.25. The van der Waals surface area contributed by atoms with Crippen molar-refractivity contribution in [3.05, 3.63) is 59.7 Å². The van der Waals surface area contributed by atoms with Crippen molar-refractivity contribution in [3.8, 4) is 5.75 Å². The fourth-order valence-electron chi connectivity index (χ4n) is 1.71. The normalized spacial score (nSPS) is 9.85. The summed E-state index contributed by atoms with van der Waals surface area (Å²) in [5.74, 6) is -1.02. The molecule has 0 aliphatic heterocycles. The highest BCUT2D eigenvalue weighted by atomic mass is 16.5. The number of aromatic hydroxyl groups is 1. The van der Waals surface area contributed by atoms with E-state index in [1.165, 1.54) is 25.3 Å². The molecule has 2 aromatic rings. The van der Waals surface area contributed by atoms with Crippen LogP contribution >= 0.6 is 0 Å². The van der Waals surface area contributed by atoms with E-state index in [4.69, 9.17) is 0 Å². The molecule has 0 atom stereocenters. The number of rotatable bonds is 3. The number of amides is 1. The van der Waals surface area contributed by atoms with Crippen molar-refractivity contribution in [3.63, 3.8) is 0 Å². The van der Waals surface area contributed by atoms with Gasteiger partial charge in [0.25, 0.3) is 5.91 Å². The Hall–Kier alpha value is -2.82. The van der Waals surface area contributed by atoms with Gasteiger partial charge in [-0.25, -0.2) is 4.79 Å². The van der Waals surface area contributed by atoms with Crippen molar-refractivity contribution >= 4 is 17.6 Å². The third-order valence-corrected chi connectivity index (χ3v) is 2.69. The van der Waals surface area contributed by atoms with Gasteiger partial charge in [-0.1, -0.05) is 18.2 Å². The van der Waals surface area contributed by atoms with Crippen LogP contribution in [0.15, 0.2) is 48.5 Å². The summed E-state index contributed by atoms with van der Waals surface area (Å²) in [5.41, 5.74) is 0.826. The molecule has 0 aliphatic carbocycles. The number of ether oxygens (including phenoxy) is 1. The smallest absolute Gasteiger partial charge is 0.339 e. The molecule has 0 heterocycles. The minimum Gasteiger partial charge on any atom is -0.508 e. The van der Waals surface area contributed by atoms with E-state index in [0.29, 0.717) is 5.56 Å². The van der Waals surface area contributed by atoms with Crippen molar-refractivity contribution in [2.45, 2.75) is 0 Å². The molecule has 5 heteroatoms. The predicted molar refractivity (Wildman–Crippen MR) is 73.8 cm³/mol. The van der Waals surface area contributed by atoms with Gasteiger partial charge in [-0.15, -0.1) is 0 Å². The Morgan fingerprint density at radius 1 is 1.10 bits per heavy atom. The summed E-state index contributed by atoms with van der Waals surface area (Å²) in [6, 6.07) is 12.6. The van der Waals surface area contributed by atoms with Gasteiger partial charge >= 0.3 is 5.97 Å². The molecule has 0 radical (unpaired) electrons. The van der Waals surface area contributed by atoms with Crippen LogP contribution in [-0.2, 0) is 4.74 Å². The summed E-state index contributed by atoms with van der Waals surface area (Å²) >= 11 is 0. The van der Waals surface area contributed by atoms with E-state index in [9.17, 15) is 14.7 Å². The Kier molecular flexibility index (Phi) is 4.00. The first-order chi connectivity index (χ1) is 9.61. The number of anilines is 1. The van der Waals surface area contributed by atoms with E-state index in [1.807, 2.05) is 0 Å². The molecule has 20 heavy (non-hydrogen) atoms. The largest absolute Gasteiger partial charge is 0.508 e. The molecule has 0 aromatic heterocycles. The molecule has 0 saturated heterocycles. The molecule has 0 bridgehead atoms. The van der Waals surface area contributed by atoms with E-state index in [1.54, 1.807) is 30.3 Å². The lowest BCUT2D eigenvalue weighted by Crippen LogP contribution is -2.15. The molecule has 1 amide bonds. The second kappa shape index (κ2) is 5.88. The molecule has 0 aliphatic rings. The van der Waals surface area contributed by atoms with Gasteiger partial charge in [-0.05, 0) is 24.3 Å². The van der Waals surface area contributed by atoms with Gasteiger partial charge in [-0.2, -0.15) is 0 Å². The summed E-state index contributed by atoms with van der Waals surface area (Å²) in [6.45, 7) is 0. The molecular formula is C15H13NO4. The van der Waals surface area contributed by atoms with Crippen LogP contribution in [0, 0.1) is 0 Å². The van der Waals surface area contributed by atoms with Crippen LogP contribution in [0.1, 0.15) is 20.7 Å². The van der Waals surface area contributed by atoms with Gasteiger partial charge in [0.1, 0.15) is 5.75 Å². The Morgan fingerprint density at radius 2 is 1.80 bits per heavy atom. The molecule has 0 spiro atoms. The number of hydrogen-bond acceptors (Lipinski definition) is 4. The fraction of sp³-hybridized carbons (Fsp3) is 0.0667. The Bertz CT molecular complexity index is 638. The number of phenols is 1. The van der Waals surface area contributed by atoms with Gasteiger partial charge in [0.05, 0.1) is 18.4 Å². The quantitative estimate of drug-likeness (QED) is 0.841. The Balaban J connectivity index is 2.31. The molecule has 2 N–H and O–H groups in total. The average Bonchev–Trinajstić information content (AvgIpc) is 2.47. The maximum atomic E-state index is 12.0. The average molecular weight is 271 g/mol. The maximum Gasteiger partial charge on any atom is 0.339 e. The lowest BCUT2D eigenvalue weighted by Gasteiger charge is -2.10. The monoisotopic (exact) mass is 271 g/mol. The third-order valence-electron chi connectivity index (χ3n) is 2.69. The number of benzene rings is 2. The zero-order valence-electron chi connectivity index (χ0n) is 10.8.